The summed E-state index contributed by atoms with van der Waals surface area (Å²) >= 11 is 5.86. The first kappa shape index (κ1) is 20.5. The number of anilines is 1. The number of esters is 1. The minimum absolute atomic E-state index is 0.0773. The summed E-state index contributed by atoms with van der Waals surface area (Å²) in [5.41, 5.74) is 2.95. The number of fused-ring (bicyclic) bond motifs is 1. The lowest BCUT2D eigenvalue weighted by Gasteiger charge is -2.22. The minimum Gasteiger partial charge on any atom is -0.463 e. The SMILES string of the molecule is CC(C)OC(=O)CCCc1nc2cc(N(CCO)CCCl)ccc2n1C. The third-order valence-corrected chi connectivity index (χ3v) is 4.36. The number of rotatable bonds is 10. The molecule has 2 rings (SSSR count). The van der Waals surface area contributed by atoms with Crippen molar-refractivity contribution in [2.45, 2.75) is 39.2 Å². The Morgan fingerprint density at radius 1 is 1.38 bits per heavy atom. The third-order valence-electron chi connectivity index (χ3n) is 4.19. The van der Waals surface area contributed by atoms with Crippen LogP contribution in [0.1, 0.15) is 32.5 Å². The molecule has 0 saturated carbocycles. The molecule has 1 N–H and O–H groups in total. The number of aliphatic hydroxyl groups is 1. The van der Waals surface area contributed by atoms with Gasteiger partial charge in [0.25, 0.3) is 0 Å². The van der Waals surface area contributed by atoms with Crippen LogP contribution in [0.15, 0.2) is 18.2 Å². The van der Waals surface area contributed by atoms with E-state index in [1.54, 1.807) is 0 Å². The number of aromatic nitrogens is 2. The van der Waals surface area contributed by atoms with E-state index in [2.05, 4.69) is 4.57 Å². The Bertz CT molecular complexity index is 724. The average Bonchev–Trinajstić information content (AvgIpc) is 2.89. The molecule has 0 spiro atoms. The Hall–Kier alpha value is -1.79. The van der Waals surface area contributed by atoms with E-state index in [-0.39, 0.29) is 18.7 Å². The van der Waals surface area contributed by atoms with Crippen LogP contribution >= 0.6 is 11.6 Å². The first-order valence-electron chi connectivity index (χ1n) is 9.02. The number of aryl methyl sites for hydroxylation is 2. The van der Waals surface area contributed by atoms with Gasteiger partial charge in [-0.15, -0.1) is 11.6 Å². The Labute approximate surface area is 159 Å². The molecule has 1 aromatic carbocycles. The van der Waals surface area contributed by atoms with E-state index >= 15 is 0 Å². The second-order valence-corrected chi connectivity index (χ2v) is 6.93. The van der Waals surface area contributed by atoms with Gasteiger partial charge in [-0.25, -0.2) is 4.98 Å². The van der Waals surface area contributed by atoms with Crippen molar-refractivity contribution in [1.29, 1.82) is 0 Å². The number of alkyl halides is 1. The van der Waals surface area contributed by atoms with Crippen molar-refractivity contribution in [3.63, 3.8) is 0 Å². The standard InChI is InChI=1S/C19H28ClN3O3/c1-14(2)26-19(25)6-4-5-18-21-16-13-15(7-8-17(16)22(18)3)23(10-9-20)11-12-24/h7-8,13-14,24H,4-6,9-12H2,1-3H3. The predicted octanol–water partition coefficient (Wildman–Crippen LogP) is 2.89. The molecular weight excluding hydrogens is 354 g/mol. The quantitative estimate of drug-likeness (QED) is 0.506. The second kappa shape index (κ2) is 9.78. The van der Waals surface area contributed by atoms with Gasteiger partial charge in [-0.1, -0.05) is 0 Å². The Balaban J connectivity index is 2.10. The number of carbonyl (C=O) groups excluding carboxylic acids is 1. The molecule has 0 bridgehead atoms. The van der Waals surface area contributed by atoms with Crippen molar-refractivity contribution in [3.05, 3.63) is 24.0 Å². The van der Waals surface area contributed by atoms with Gasteiger partial charge in [0.1, 0.15) is 5.82 Å². The van der Waals surface area contributed by atoms with E-state index in [4.69, 9.17) is 21.3 Å². The van der Waals surface area contributed by atoms with E-state index in [9.17, 15) is 9.90 Å². The maximum Gasteiger partial charge on any atom is 0.306 e. The highest BCUT2D eigenvalue weighted by Crippen LogP contribution is 2.23. The highest BCUT2D eigenvalue weighted by atomic mass is 35.5. The van der Waals surface area contributed by atoms with Crippen molar-refractivity contribution in [1.82, 2.24) is 9.55 Å². The van der Waals surface area contributed by atoms with Crippen LogP contribution < -0.4 is 4.90 Å². The topological polar surface area (TPSA) is 67.6 Å². The van der Waals surface area contributed by atoms with Crippen LogP contribution in [0.3, 0.4) is 0 Å². The summed E-state index contributed by atoms with van der Waals surface area (Å²) < 4.78 is 7.22. The van der Waals surface area contributed by atoms with E-state index in [1.165, 1.54) is 0 Å². The number of hydrogen-bond donors (Lipinski definition) is 1. The number of aliphatic hydroxyl groups excluding tert-OH is 1. The maximum atomic E-state index is 11.7. The Kier molecular flexibility index (Phi) is 7.72. The highest BCUT2D eigenvalue weighted by Gasteiger charge is 2.12. The van der Waals surface area contributed by atoms with E-state index in [0.717, 1.165) is 29.0 Å². The van der Waals surface area contributed by atoms with Gasteiger partial charge in [-0.3, -0.25) is 4.79 Å². The molecule has 0 fully saturated rings. The van der Waals surface area contributed by atoms with E-state index in [1.807, 2.05) is 44.0 Å². The zero-order valence-electron chi connectivity index (χ0n) is 15.7. The normalized spacial score (nSPS) is 11.3. The van der Waals surface area contributed by atoms with Gasteiger partial charge < -0.3 is 19.3 Å². The molecule has 0 radical (unpaired) electrons. The average molecular weight is 382 g/mol. The summed E-state index contributed by atoms with van der Waals surface area (Å²) in [6.45, 7) is 4.99. The largest absolute Gasteiger partial charge is 0.463 e. The lowest BCUT2D eigenvalue weighted by molar-refractivity contribution is -0.147. The smallest absolute Gasteiger partial charge is 0.306 e. The molecule has 2 aromatic rings. The summed E-state index contributed by atoms with van der Waals surface area (Å²) in [6, 6.07) is 6.08. The third kappa shape index (κ3) is 5.35. The molecule has 1 heterocycles. The highest BCUT2D eigenvalue weighted by molar-refractivity contribution is 6.18. The van der Waals surface area contributed by atoms with Crippen LogP contribution in [0, 0.1) is 0 Å². The van der Waals surface area contributed by atoms with Gasteiger partial charge in [0.15, 0.2) is 0 Å². The Morgan fingerprint density at radius 3 is 2.81 bits per heavy atom. The Morgan fingerprint density at radius 2 is 2.15 bits per heavy atom. The summed E-state index contributed by atoms with van der Waals surface area (Å²) in [7, 11) is 1.99. The summed E-state index contributed by atoms with van der Waals surface area (Å²) in [5, 5.41) is 9.24. The molecule has 0 atom stereocenters. The minimum atomic E-state index is -0.165. The van der Waals surface area contributed by atoms with Gasteiger partial charge in [0, 0.05) is 44.5 Å². The first-order chi connectivity index (χ1) is 12.5. The first-order valence-corrected chi connectivity index (χ1v) is 9.56. The summed E-state index contributed by atoms with van der Waals surface area (Å²) in [4.78, 5) is 18.4. The molecule has 1 aromatic heterocycles. The van der Waals surface area contributed by atoms with Crippen LogP contribution in [0.4, 0.5) is 5.69 Å². The predicted molar refractivity (Wildman–Crippen MR) is 105 cm³/mol. The number of ether oxygens (including phenoxy) is 1. The molecule has 0 unspecified atom stereocenters. The summed E-state index contributed by atoms with van der Waals surface area (Å²) in [6.07, 6.45) is 1.74. The molecule has 0 aliphatic heterocycles. The number of imidazole rings is 1. The molecule has 0 amide bonds. The molecule has 0 aliphatic carbocycles. The fourth-order valence-corrected chi connectivity index (χ4v) is 3.17. The van der Waals surface area contributed by atoms with Crippen molar-refractivity contribution in [3.8, 4) is 0 Å². The zero-order chi connectivity index (χ0) is 19.1. The molecule has 0 aliphatic rings. The van der Waals surface area contributed by atoms with Crippen LogP contribution in [-0.2, 0) is 23.0 Å². The van der Waals surface area contributed by atoms with E-state index in [0.29, 0.717) is 31.8 Å². The molecule has 26 heavy (non-hydrogen) atoms. The monoisotopic (exact) mass is 381 g/mol. The number of hydrogen-bond acceptors (Lipinski definition) is 5. The van der Waals surface area contributed by atoms with Crippen molar-refractivity contribution in [2.75, 3.05) is 30.5 Å². The molecule has 7 heteroatoms. The van der Waals surface area contributed by atoms with Crippen molar-refractivity contribution >= 4 is 34.3 Å². The number of carbonyl (C=O) groups is 1. The van der Waals surface area contributed by atoms with Crippen molar-refractivity contribution < 1.29 is 14.6 Å². The van der Waals surface area contributed by atoms with Crippen LogP contribution in [0.25, 0.3) is 11.0 Å². The number of nitrogens with zero attached hydrogens (tertiary/aromatic N) is 3. The second-order valence-electron chi connectivity index (χ2n) is 6.55. The van der Waals surface area contributed by atoms with Gasteiger partial charge in [0.05, 0.1) is 23.7 Å². The maximum absolute atomic E-state index is 11.7. The van der Waals surface area contributed by atoms with Gasteiger partial charge in [0.2, 0.25) is 0 Å². The van der Waals surface area contributed by atoms with Crippen molar-refractivity contribution in [2.24, 2.45) is 7.05 Å². The lowest BCUT2D eigenvalue weighted by Crippen LogP contribution is -2.28. The van der Waals surface area contributed by atoms with Gasteiger partial charge in [-0.05, 0) is 38.5 Å². The molecule has 144 valence electrons. The fraction of sp³-hybridized carbons (Fsp3) is 0.579. The molecule has 6 nitrogen and oxygen atoms in total. The zero-order valence-corrected chi connectivity index (χ0v) is 16.5. The lowest BCUT2D eigenvalue weighted by atomic mass is 10.2. The van der Waals surface area contributed by atoms with Crippen LogP contribution in [0.2, 0.25) is 0 Å². The van der Waals surface area contributed by atoms with Crippen LogP contribution in [-0.4, -0.2) is 52.3 Å². The van der Waals surface area contributed by atoms with Gasteiger partial charge >= 0.3 is 5.97 Å². The van der Waals surface area contributed by atoms with Gasteiger partial charge in [-0.2, -0.15) is 0 Å². The fourth-order valence-electron chi connectivity index (χ4n) is 2.96. The molecular formula is C19H28ClN3O3. The number of benzene rings is 1. The molecule has 0 saturated heterocycles. The van der Waals surface area contributed by atoms with E-state index < -0.39 is 0 Å². The summed E-state index contributed by atoms with van der Waals surface area (Å²) in [5.74, 6) is 1.28. The van der Waals surface area contributed by atoms with Crippen LogP contribution in [0.5, 0.6) is 0 Å². The number of halogens is 1.